The number of anilines is 1. The van der Waals surface area contributed by atoms with Gasteiger partial charge in [-0.25, -0.2) is 4.98 Å². The van der Waals surface area contributed by atoms with Crippen LogP contribution in [0.2, 0.25) is 0 Å². The molecule has 1 aromatic heterocycles. The molecule has 0 radical (unpaired) electrons. The predicted molar refractivity (Wildman–Crippen MR) is 150 cm³/mol. The average molecular weight is 508 g/mol. The van der Waals surface area contributed by atoms with Crippen molar-refractivity contribution in [1.82, 2.24) is 9.55 Å². The van der Waals surface area contributed by atoms with E-state index < -0.39 is 0 Å². The Bertz CT molecular complexity index is 1600. The van der Waals surface area contributed by atoms with E-state index in [4.69, 9.17) is 14.5 Å². The van der Waals surface area contributed by atoms with E-state index in [0.29, 0.717) is 40.5 Å². The number of fused-ring (bicyclic) bond motifs is 1. The molecule has 1 heterocycles. The van der Waals surface area contributed by atoms with Crippen LogP contribution >= 0.6 is 0 Å². The van der Waals surface area contributed by atoms with E-state index in [-0.39, 0.29) is 18.1 Å². The lowest BCUT2D eigenvalue weighted by Crippen LogP contribution is -2.24. The van der Waals surface area contributed by atoms with Crippen molar-refractivity contribution in [3.8, 4) is 22.9 Å². The molecule has 5 rings (SSSR count). The molecule has 0 bridgehead atoms. The molecule has 7 nitrogen and oxygen atoms in total. The first-order chi connectivity index (χ1) is 18.5. The van der Waals surface area contributed by atoms with Gasteiger partial charge in [0.2, 0.25) is 5.91 Å². The van der Waals surface area contributed by atoms with Crippen LogP contribution in [0.4, 0.5) is 5.69 Å². The SMILES string of the molecule is COc1ccc(-c2nc3ccccc3c(=O)n2CC2=CCCC=C2)cc1COc1ccc(NC(C)=O)cc1. The summed E-state index contributed by atoms with van der Waals surface area (Å²) in [5.74, 6) is 1.80. The van der Waals surface area contributed by atoms with Crippen LogP contribution in [0.3, 0.4) is 0 Å². The molecule has 0 saturated heterocycles. The van der Waals surface area contributed by atoms with Crippen LogP contribution in [0, 0.1) is 0 Å². The largest absolute Gasteiger partial charge is 0.496 e. The number of rotatable bonds is 8. The number of ether oxygens (including phenoxy) is 2. The third-order valence-electron chi connectivity index (χ3n) is 6.38. The van der Waals surface area contributed by atoms with E-state index in [1.807, 2.05) is 42.5 Å². The Hall–Kier alpha value is -4.65. The zero-order chi connectivity index (χ0) is 26.5. The number of hydrogen-bond acceptors (Lipinski definition) is 5. The van der Waals surface area contributed by atoms with Gasteiger partial charge >= 0.3 is 0 Å². The first-order valence-corrected chi connectivity index (χ1v) is 12.5. The molecule has 192 valence electrons. The molecule has 4 aromatic rings. The van der Waals surface area contributed by atoms with E-state index in [0.717, 1.165) is 29.5 Å². The number of nitrogens with one attached hydrogen (secondary N) is 1. The van der Waals surface area contributed by atoms with Crippen LogP contribution < -0.4 is 20.3 Å². The second kappa shape index (κ2) is 11.2. The monoisotopic (exact) mass is 507 g/mol. The third-order valence-corrected chi connectivity index (χ3v) is 6.38. The molecule has 1 N–H and O–H groups in total. The third kappa shape index (κ3) is 5.52. The minimum absolute atomic E-state index is 0.0710. The summed E-state index contributed by atoms with van der Waals surface area (Å²) in [5.41, 5.74) is 4.00. The van der Waals surface area contributed by atoms with Gasteiger partial charge in [0.05, 0.1) is 24.6 Å². The van der Waals surface area contributed by atoms with Crippen LogP contribution in [0.25, 0.3) is 22.3 Å². The minimum Gasteiger partial charge on any atom is -0.496 e. The van der Waals surface area contributed by atoms with Crippen LogP contribution in [-0.2, 0) is 17.9 Å². The van der Waals surface area contributed by atoms with Crippen molar-refractivity contribution >= 4 is 22.5 Å². The van der Waals surface area contributed by atoms with Gasteiger partial charge in [-0.05, 0) is 73.0 Å². The maximum absolute atomic E-state index is 13.6. The highest BCUT2D eigenvalue weighted by molar-refractivity contribution is 5.88. The molecule has 0 saturated carbocycles. The first kappa shape index (κ1) is 25.0. The molecule has 38 heavy (non-hydrogen) atoms. The Kier molecular flexibility index (Phi) is 7.35. The topological polar surface area (TPSA) is 82.4 Å². The lowest BCUT2D eigenvalue weighted by molar-refractivity contribution is -0.114. The number of aromatic nitrogens is 2. The quantitative estimate of drug-likeness (QED) is 0.322. The van der Waals surface area contributed by atoms with Crippen molar-refractivity contribution in [2.75, 3.05) is 12.4 Å². The Balaban J connectivity index is 1.50. The molecule has 3 aromatic carbocycles. The van der Waals surface area contributed by atoms with E-state index >= 15 is 0 Å². The van der Waals surface area contributed by atoms with Gasteiger partial charge in [-0.15, -0.1) is 0 Å². The number of carbonyl (C=O) groups is 1. The van der Waals surface area contributed by atoms with Gasteiger partial charge in [-0.2, -0.15) is 0 Å². The van der Waals surface area contributed by atoms with E-state index in [9.17, 15) is 9.59 Å². The summed E-state index contributed by atoms with van der Waals surface area (Å²) in [7, 11) is 1.62. The normalized spacial score (nSPS) is 12.7. The maximum Gasteiger partial charge on any atom is 0.261 e. The molecule has 0 unspecified atom stereocenters. The van der Waals surface area contributed by atoms with Crippen LogP contribution in [0.15, 0.2) is 95.3 Å². The zero-order valence-corrected chi connectivity index (χ0v) is 21.4. The Morgan fingerprint density at radius 1 is 1.05 bits per heavy atom. The maximum atomic E-state index is 13.6. The summed E-state index contributed by atoms with van der Waals surface area (Å²) in [6.07, 6.45) is 8.38. The molecule has 1 amide bonds. The van der Waals surface area contributed by atoms with Crippen molar-refractivity contribution in [1.29, 1.82) is 0 Å². The number of methoxy groups -OCH3 is 1. The van der Waals surface area contributed by atoms with E-state index in [1.165, 1.54) is 6.92 Å². The van der Waals surface area contributed by atoms with Crippen LogP contribution in [0.5, 0.6) is 11.5 Å². The number of nitrogens with zero attached hydrogens (tertiary/aromatic N) is 2. The number of carbonyl (C=O) groups excluding carboxylic acids is 1. The number of para-hydroxylation sites is 1. The van der Waals surface area contributed by atoms with E-state index in [1.54, 1.807) is 35.9 Å². The van der Waals surface area contributed by atoms with Crippen molar-refractivity contribution in [2.45, 2.75) is 32.9 Å². The fraction of sp³-hybridized carbons (Fsp3) is 0.194. The number of hydrogen-bond donors (Lipinski definition) is 1. The zero-order valence-electron chi connectivity index (χ0n) is 21.4. The molecule has 1 aliphatic carbocycles. The van der Waals surface area contributed by atoms with Gasteiger partial charge in [0.25, 0.3) is 5.56 Å². The standard InChI is InChI=1S/C31H29N3O4/c1-21(35)32-25-13-15-26(16-14-25)38-20-24-18-23(12-17-29(24)37-2)30-33-28-11-7-6-10-27(28)31(36)34(30)19-22-8-4-3-5-9-22/h4,6-18H,3,5,19-20H2,1-2H3,(H,32,35). The lowest BCUT2D eigenvalue weighted by Gasteiger charge is -2.17. The molecule has 0 spiro atoms. The minimum atomic E-state index is -0.128. The summed E-state index contributed by atoms with van der Waals surface area (Å²) in [4.78, 5) is 29.8. The summed E-state index contributed by atoms with van der Waals surface area (Å²) < 4.78 is 13.4. The highest BCUT2D eigenvalue weighted by atomic mass is 16.5. The van der Waals surface area contributed by atoms with Crippen molar-refractivity contribution in [3.05, 3.63) is 106 Å². The Morgan fingerprint density at radius 3 is 2.61 bits per heavy atom. The van der Waals surface area contributed by atoms with Gasteiger partial charge in [-0.3, -0.25) is 14.2 Å². The van der Waals surface area contributed by atoms with Gasteiger partial charge < -0.3 is 14.8 Å². The first-order valence-electron chi connectivity index (χ1n) is 12.5. The fourth-order valence-electron chi connectivity index (χ4n) is 4.53. The van der Waals surface area contributed by atoms with Crippen molar-refractivity contribution in [3.63, 3.8) is 0 Å². The summed E-state index contributed by atoms with van der Waals surface area (Å²) >= 11 is 0. The van der Waals surface area contributed by atoms with Gasteiger partial charge in [0.1, 0.15) is 23.9 Å². The highest BCUT2D eigenvalue weighted by Gasteiger charge is 2.16. The van der Waals surface area contributed by atoms with Crippen molar-refractivity contribution in [2.24, 2.45) is 0 Å². The summed E-state index contributed by atoms with van der Waals surface area (Å²) in [6.45, 7) is 2.17. The van der Waals surface area contributed by atoms with Crippen molar-refractivity contribution < 1.29 is 14.3 Å². The average Bonchev–Trinajstić information content (AvgIpc) is 2.94. The molecule has 0 aliphatic heterocycles. The van der Waals surface area contributed by atoms with Gasteiger partial charge in [-0.1, -0.05) is 30.4 Å². The van der Waals surface area contributed by atoms with Crippen LogP contribution in [0.1, 0.15) is 25.3 Å². The highest BCUT2D eigenvalue weighted by Crippen LogP contribution is 2.28. The Morgan fingerprint density at radius 2 is 1.87 bits per heavy atom. The second-order valence-electron chi connectivity index (χ2n) is 9.12. The second-order valence-corrected chi connectivity index (χ2v) is 9.12. The van der Waals surface area contributed by atoms with Gasteiger partial charge in [0.15, 0.2) is 0 Å². The Labute approximate surface area is 221 Å². The molecule has 7 heteroatoms. The predicted octanol–water partition coefficient (Wildman–Crippen LogP) is 5.89. The van der Waals surface area contributed by atoms with E-state index in [2.05, 4.69) is 23.5 Å². The molecule has 1 aliphatic rings. The fourth-order valence-corrected chi connectivity index (χ4v) is 4.53. The molecular weight excluding hydrogens is 478 g/mol. The number of allylic oxidation sites excluding steroid dienone is 4. The smallest absolute Gasteiger partial charge is 0.261 e. The number of benzene rings is 3. The van der Waals surface area contributed by atoms with Gasteiger partial charge in [0, 0.05) is 23.7 Å². The van der Waals surface area contributed by atoms with Crippen LogP contribution in [-0.4, -0.2) is 22.6 Å². The summed E-state index contributed by atoms with van der Waals surface area (Å²) in [5, 5.41) is 3.34. The lowest BCUT2D eigenvalue weighted by atomic mass is 10.1. The molecule has 0 fully saturated rings. The molecule has 0 atom stereocenters. The molecular formula is C31H29N3O4. The summed E-state index contributed by atoms with van der Waals surface area (Å²) in [6, 6.07) is 20.4. The number of amides is 1.